The Balaban J connectivity index is 1.57. The number of aromatic nitrogens is 1. The van der Waals surface area contributed by atoms with E-state index < -0.39 is 24.0 Å². The molecule has 1 amide bonds. The van der Waals surface area contributed by atoms with Crippen LogP contribution in [0, 0.1) is 5.92 Å². The van der Waals surface area contributed by atoms with Gasteiger partial charge in [-0.1, -0.05) is 36.6 Å². The molecule has 27 heavy (non-hydrogen) atoms. The van der Waals surface area contributed by atoms with Gasteiger partial charge in [-0.25, -0.2) is 4.98 Å². The van der Waals surface area contributed by atoms with Gasteiger partial charge in [0.05, 0.1) is 23.0 Å². The largest absolute Gasteiger partial charge is 0.393 e. The van der Waals surface area contributed by atoms with Crippen molar-refractivity contribution in [3.8, 4) is 0 Å². The monoisotopic (exact) mass is 416 g/mol. The van der Waals surface area contributed by atoms with Crippen molar-refractivity contribution in [2.45, 2.75) is 50.7 Å². The smallest absolute Gasteiger partial charge is 0.352 e. The van der Waals surface area contributed by atoms with E-state index in [0.29, 0.717) is 36.4 Å². The standard InChI is InChI=1S/C19H20ClF3N2OS/c20-13-5-3-4-12(8-13)9-18-24-14(11-27-18)10-17(26)25-16-7-2-1-6-15(16)19(21,22)23/h3-5,8,11,15-16H,1-2,6-7,9-10H2,(H,25,26). The van der Waals surface area contributed by atoms with Crippen molar-refractivity contribution in [2.75, 3.05) is 0 Å². The Morgan fingerprint density at radius 2 is 2.07 bits per heavy atom. The second-order valence-electron chi connectivity index (χ2n) is 6.82. The molecule has 2 atom stereocenters. The maximum absolute atomic E-state index is 13.1. The first-order valence-electron chi connectivity index (χ1n) is 8.85. The van der Waals surface area contributed by atoms with Gasteiger partial charge in [0.15, 0.2) is 0 Å². The van der Waals surface area contributed by atoms with Crippen molar-refractivity contribution < 1.29 is 18.0 Å². The lowest BCUT2D eigenvalue weighted by molar-refractivity contribution is -0.189. The highest BCUT2D eigenvalue weighted by Crippen LogP contribution is 2.37. The molecule has 3 nitrogen and oxygen atoms in total. The van der Waals surface area contributed by atoms with Crippen molar-refractivity contribution in [3.05, 3.63) is 50.9 Å². The third-order valence-corrected chi connectivity index (χ3v) is 5.85. The number of alkyl halides is 3. The van der Waals surface area contributed by atoms with Gasteiger partial charge < -0.3 is 5.32 Å². The number of hydrogen-bond acceptors (Lipinski definition) is 3. The van der Waals surface area contributed by atoms with Gasteiger partial charge in [0.1, 0.15) is 0 Å². The maximum Gasteiger partial charge on any atom is 0.393 e. The molecule has 0 aliphatic heterocycles. The summed E-state index contributed by atoms with van der Waals surface area (Å²) in [5.74, 6) is -1.86. The molecule has 0 saturated heterocycles. The molecule has 1 aromatic heterocycles. The zero-order chi connectivity index (χ0) is 19.4. The van der Waals surface area contributed by atoms with Crippen LogP contribution in [0.5, 0.6) is 0 Å². The first kappa shape index (κ1) is 20.1. The molecule has 2 unspecified atom stereocenters. The Morgan fingerprint density at radius 3 is 2.81 bits per heavy atom. The van der Waals surface area contributed by atoms with Crippen LogP contribution in [0.4, 0.5) is 13.2 Å². The van der Waals surface area contributed by atoms with Crippen LogP contribution in [-0.4, -0.2) is 23.1 Å². The van der Waals surface area contributed by atoms with Crippen molar-refractivity contribution in [2.24, 2.45) is 5.92 Å². The van der Waals surface area contributed by atoms with E-state index in [1.165, 1.54) is 11.3 Å². The first-order valence-corrected chi connectivity index (χ1v) is 10.1. The minimum atomic E-state index is -4.27. The molecule has 2 aromatic rings. The Hall–Kier alpha value is -1.60. The lowest BCUT2D eigenvalue weighted by atomic mass is 9.84. The number of carbonyl (C=O) groups excluding carboxylic acids is 1. The molecular weight excluding hydrogens is 397 g/mol. The van der Waals surface area contributed by atoms with Crippen molar-refractivity contribution in [1.82, 2.24) is 10.3 Å². The summed E-state index contributed by atoms with van der Waals surface area (Å²) in [6.45, 7) is 0. The number of rotatable bonds is 5. The fourth-order valence-corrected chi connectivity index (χ4v) is 4.49. The summed E-state index contributed by atoms with van der Waals surface area (Å²) >= 11 is 7.40. The number of carbonyl (C=O) groups is 1. The van der Waals surface area contributed by atoms with Crippen LogP contribution in [0.3, 0.4) is 0 Å². The highest BCUT2D eigenvalue weighted by atomic mass is 35.5. The van der Waals surface area contributed by atoms with E-state index in [4.69, 9.17) is 11.6 Å². The second-order valence-corrected chi connectivity index (χ2v) is 8.20. The first-order chi connectivity index (χ1) is 12.8. The number of benzene rings is 1. The van der Waals surface area contributed by atoms with Gasteiger partial charge >= 0.3 is 6.18 Å². The van der Waals surface area contributed by atoms with Gasteiger partial charge in [-0.05, 0) is 30.5 Å². The number of nitrogens with zero attached hydrogens (tertiary/aromatic N) is 1. The highest BCUT2D eigenvalue weighted by Gasteiger charge is 2.45. The maximum atomic E-state index is 13.1. The van der Waals surface area contributed by atoms with Crippen molar-refractivity contribution >= 4 is 28.8 Å². The summed E-state index contributed by atoms with van der Waals surface area (Å²) in [5, 5.41) is 5.85. The predicted molar refractivity (Wildman–Crippen MR) is 100 cm³/mol. The van der Waals surface area contributed by atoms with Gasteiger partial charge in [0.2, 0.25) is 5.91 Å². The molecule has 0 spiro atoms. The van der Waals surface area contributed by atoms with Gasteiger partial charge in [-0.15, -0.1) is 11.3 Å². The number of hydrogen-bond donors (Lipinski definition) is 1. The third kappa shape index (κ3) is 5.69. The summed E-state index contributed by atoms with van der Waals surface area (Å²) in [6.07, 6.45) is -1.97. The molecule has 1 heterocycles. The molecule has 1 aliphatic carbocycles. The lowest BCUT2D eigenvalue weighted by Crippen LogP contribution is -2.48. The van der Waals surface area contributed by atoms with E-state index in [-0.39, 0.29) is 12.8 Å². The molecule has 8 heteroatoms. The lowest BCUT2D eigenvalue weighted by Gasteiger charge is -2.33. The Labute approximate surface area is 165 Å². The van der Waals surface area contributed by atoms with Crippen LogP contribution >= 0.6 is 22.9 Å². The molecular formula is C19H20ClF3N2OS. The quantitative estimate of drug-likeness (QED) is 0.730. The minimum absolute atomic E-state index is 0.00682. The van der Waals surface area contributed by atoms with Crippen LogP contribution < -0.4 is 5.32 Å². The summed E-state index contributed by atoms with van der Waals surface area (Å²) in [4.78, 5) is 16.7. The Bertz CT molecular complexity index is 793. The Kier molecular flexibility index (Phi) is 6.42. The fourth-order valence-electron chi connectivity index (χ4n) is 3.45. The van der Waals surface area contributed by atoms with E-state index >= 15 is 0 Å². The summed E-state index contributed by atoms with van der Waals surface area (Å²) < 4.78 is 39.4. The highest BCUT2D eigenvalue weighted by molar-refractivity contribution is 7.09. The molecule has 0 bridgehead atoms. The molecule has 0 radical (unpaired) electrons. The van der Waals surface area contributed by atoms with Crippen LogP contribution in [0.25, 0.3) is 0 Å². The molecule has 1 aliphatic rings. The minimum Gasteiger partial charge on any atom is -0.352 e. The second kappa shape index (κ2) is 8.61. The number of halogens is 4. The van der Waals surface area contributed by atoms with E-state index in [9.17, 15) is 18.0 Å². The molecule has 3 rings (SSSR count). The topological polar surface area (TPSA) is 42.0 Å². The third-order valence-electron chi connectivity index (χ3n) is 4.72. The summed E-state index contributed by atoms with van der Waals surface area (Å²) in [7, 11) is 0. The van der Waals surface area contributed by atoms with Crippen LogP contribution in [0.2, 0.25) is 5.02 Å². The SMILES string of the molecule is O=C(Cc1csc(Cc2cccc(Cl)c2)n1)NC1CCCCC1C(F)(F)F. The average Bonchev–Trinajstić information content (AvgIpc) is 3.01. The van der Waals surface area contributed by atoms with Crippen LogP contribution in [0.1, 0.15) is 41.9 Å². The van der Waals surface area contributed by atoms with Crippen molar-refractivity contribution in [1.29, 1.82) is 0 Å². The van der Waals surface area contributed by atoms with Crippen LogP contribution in [0.15, 0.2) is 29.6 Å². The molecule has 1 N–H and O–H groups in total. The van der Waals surface area contributed by atoms with E-state index in [1.54, 1.807) is 11.4 Å². The van der Waals surface area contributed by atoms with Gasteiger partial charge in [-0.3, -0.25) is 4.79 Å². The molecule has 1 aromatic carbocycles. The van der Waals surface area contributed by atoms with Gasteiger partial charge in [0, 0.05) is 22.9 Å². The molecule has 1 saturated carbocycles. The fraction of sp³-hybridized carbons (Fsp3) is 0.474. The average molecular weight is 417 g/mol. The molecule has 1 fully saturated rings. The summed E-state index contributed by atoms with van der Waals surface area (Å²) in [5.41, 5.74) is 1.59. The van der Waals surface area contributed by atoms with E-state index in [1.807, 2.05) is 18.2 Å². The zero-order valence-electron chi connectivity index (χ0n) is 14.6. The van der Waals surface area contributed by atoms with Gasteiger partial charge in [0.25, 0.3) is 0 Å². The van der Waals surface area contributed by atoms with Gasteiger partial charge in [-0.2, -0.15) is 13.2 Å². The normalized spacial score (nSPS) is 20.4. The number of amides is 1. The zero-order valence-corrected chi connectivity index (χ0v) is 16.1. The number of nitrogens with one attached hydrogen (secondary N) is 1. The van der Waals surface area contributed by atoms with E-state index in [0.717, 1.165) is 10.6 Å². The van der Waals surface area contributed by atoms with Crippen LogP contribution in [-0.2, 0) is 17.6 Å². The van der Waals surface area contributed by atoms with E-state index in [2.05, 4.69) is 10.3 Å². The number of thiazole rings is 1. The molecule has 146 valence electrons. The predicted octanol–water partition coefficient (Wildman–Crippen LogP) is 5.17. The Morgan fingerprint density at radius 1 is 1.30 bits per heavy atom. The summed E-state index contributed by atoms with van der Waals surface area (Å²) in [6, 6.07) is 6.62. The van der Waals surface area contributed by atoms with Crippen molar-refractivity contribution in [3.63, 3.8) is 0 Å².